The molecule has 52 heavy (non-hydrogen) atoms. The van der Waals surface area contributed by atoms with Gasteiger partial charge in [-0.05, 0) is 51.9 Å². The van der Waals surface area contributed by atoms with Gasteiger partial charge >= 0.3 is 0 Å². The van der Waals surface area contributed by atoms with Gasteiger partial charge in [0.25, 0.3) is 11.9 Å². The summed E-state index contributed by atoms with van der Waals surface area (Å²) in [5, 5.41) is 22.0. The van der Waals surface area contributed by atoms with Crippen LogP contribution in [-0.2, 0) is 48.5 Å². The maximum absolute atomic E-state index is 9.00. The van der Waals surface area contributed by atoms with Gasteiger partial charge in [0.2, 0.25) is 0 Å². The van der Waals surface area contributed by atoms with Crippen LogP contribution in [0.5, 0.6) is 0 Å². The topological polar surface area (TPSA) is 98.7 Å². The number of hydrogen-bond acceptors (Lipinski definition) is 4. The summed E-state index contributed by atoms with van der Waals surface area (Å²) in [4.78, 5) is 18.0. The molecule has 0 unspecified atom stereocenters. The molecule has 0 saturated heterocycles. The van der Waals surface area contributed by atoms with Crippen molar-refractivity contribution in [2.75, 3.05) is 26.2 Å². The zero-order chi connectivity index (χ0) is 38.0. The molecule has 0 aromatic rings. The van der Waals surface area contributed by atoms with Crippen LogP contribution < -0.4 is 10.6 Å². The molecule has 0 aliphatic carbocycles. The largest absolute Gasteiger partial charge is 0.481 e. The average Bonchev–Trinajstić information content (AvgIpc) is 3.07. The predicted octanol–water partition coefficient (Wildman–Crippen LogP) is 13.9. The zero-order valence-corrected chi connectivity index (χ0v) is 39.4. The summed E-state index contributed by atoms with van der Waals surface area (Å²) in [7, 11) is 0. The number of carboxylic acid groups (broad SMARTS) is 2. The van der Waals surface area contributed by atoms with Crippen LogP contribution in [0, 0.1) is 0 Å². The maximum atomic E-state index is 9.00. The molecule has 8 heteroatoms. The molecule has 0 saturated carbocycles. The van der Waals surface area contributed by atoms with Crippen molar-refractivity contribution in [3.8, 4) is 0 Å². The molecular weight excluding hydrogens is 823 g/mol. The SMILES string of the molecule is CC(=O)O.CC(=O)O.CCCCCCCCCCNCCCCCCCCCC.CCCCCCCCCCNCCCCCCCCCC.[Ru].[Ru]. The third-order valence-electron chi connectivity index (χ3n) is 8.83. The Labute approximate surface area is 352 Å². The first-order valence-electron chi connectivity index (χ1n) is 22.1. The molecule has 6 nitrogen and oxygen atoms in total. The molecule has 0 radical (unpaired) electrons. The molecule has 0 atom stereocenters. The van der Waals surface area contributed by atoms with Crippen LogP contribution in [0.4, 0.5) is 0 Å². The summed E-state index contributed by atoms with van der Waals surface area (Å²) in [6, 6.07) is 0. The van der Waals surface area contributed by atoms with Gasteiger partial charge in [0.1, 0.15) is 0 Å². The van der Waals surface area contributed by atoms with Crippen molar-refractivity contribution in [2.45, 2.75) is 247 Å². The van der Waals surface area contributed by atoms with Crippen molar-refractivity contribution in [3.05, 3.63) is 0 Å². The van der Waals surface area contributed by atoms with Gasteiger partial charge in [0.15, 0.2) is 0 Å². The van der Waals surface area contributed by atoms with Gasteiger partial charge < -0.3 is 20.8 Å². The Morgan fingerprint density at radius 3 is 0.558 bits per heavy atom. The van der Waals surface area contributed by atoms with Crippen molar-refractivity contribution in [1.29, 1.82) is 0 Å². The van der Waals surface area contributed by atoms with Crippen LogP contribution in [0.2, 0.25) is 0 Å². The number of hydrogen-bond donors (Lipinski definition) is 4. The predicted molar refractivity (Wildman–Crippen MR) is 223 cm³/mol. The molecule has 0 amide bonds. The fourth-order valence-corrected chi connectivity index (χ4v) is 5.79. The molecule has 0 rings (SSSR count). The van der Waals surface area contributed by atoms with Crippen molar-refractivity contribution >= 4 is 11.9 Å². The Hall–Kier alpha value is 0.107. The van der Waals surface area contributed by atoms with Gasteiger partial charge in [-0.15, -0.1) is 0 Å². The minimum absolute atomic E-state index is 0. The molecule has 0 aromatic heterocycles. The van der Waals surface area contributed by atoms with Crippen molar-refractivity contribution in [1.82, 2.24) is 10.6 Å². The van der Waals surface area contributed by atoms with E-state index < -0.39 is 11.9 Å². The molecular formula is C44H94N2O4Ru2. The minimum atomic E-state index is -0.833. The third-order valence-corrected chi connectivity index (χ3v) is 8.83. The second-order valence-corrected chi connectivity index (χ2v) is 14.4. The van der Waals surface area contributed by atoms with Crippen LogP contribution in [0.25, 0.3) is 0 Å². The Balaban J connectivity index is -0.000000163. The summed E-state index contributed by atoms with van der Waals surface area (Å²) in [5.74, 6) is -1.67. The van der Waals surface area contributed by atoms with E-state index in [1.165, 1.54) is 232 Å². The monoisotopic (exact) mass is 919 g/mol. The van der Waals surface area contributed by atoms with Crippen LogP contribution in [0.1, 0.15) is 247 Å². The van der Waals surface area contributed by atoms with E-state index in [0.717, 1.165) is 13.8 Å². The first-order chi connectivity index (χ1) is 24.3. The first kappa shape index (κ1) is 64.0. The quantitative estimate of drug-likeness (QED) is 0.0369. The van der Waals surface area contributed by atoms with E-state index in [-0.39, 0.29) is 39.0 Å². The number of carbonyl (C=O) groups is 2. The zero-order valence-electron chi connectivity index (χ0n) is 35.9. The van der Waals surface area contributed by atoms with E-state index in [2.05, 4.69) is 38.3 Å². The van der Waals surface area contributed by atoms with Crippen LogP contribution in [0.3, 0.4) is 0 Å². The second-order valence-electron chi connectivity index (χ2n) is 14.4. The molecule has 0 fully saturated rings. The summed E-state index contributed by atoms with van der Waals surface area (Å²) >= 11 is 0. The van der Waals surface area contributed by atoms with E-state index in [9.17, 15) is 0 Å². The van der Waals surface area contributed by atoms with Gasteiger partial charge in [-0.2, -0.15) is 0 Å². The Bertz CT molecular complexity index is 507. The molecule has 0 aromatic carbocycles. The fourth-order valence-electron chi connectivity index (χ4n) is 5.79. The second kappa shape index (κ2) is 66.0. The molecule has 0 bridgehead atoms. The number of unbranched alkanes of at least 4 members (excludes halogenated alkanes) is 28. The van der Waals surface area contributed by atoms with Crippen LogP contribution >= 0.6 is 0 Å². The average molecular weight is 917 g/mol. The summed E-state index contributed by atoms with van der Waals surface area (Å²) in [6.45, 7) is 16.3. The van der Waals surface area contributed by atoms with E-state index >= 15 is 0 Å². The summed E-state index contributed by atoms with van der Waals surface area (Å²) in [5.41, 5.74) is 0. The van der Waals surface area contributed by atoms with E-state index in [1.807, 2.05) is 0 Å². The number of rotatable bonds is 36. The molecule has 0 heterocycles. The Kier molecular flexibility index (Phi) is 81.2. The number of aliphatic carboxylic acids is 2. The van der Waals surface area contributed by atoms with E-state index in [4.69, 9.17) is 19.8 Å². The molecule has 0 aliphatic rings. The maximum Gasteiger partial charge on any atom is 0.300 e. The normalized spacial score (nSPS) is 9.96. The molecule has 4 N–H and O–H groups in total. The van der Waals surface area contributed by atoms with Crippen LogP contribution in [0.15, 0.2) is 0 Å². The van der Waals surface area contributed by atoms with Gasteiger partial charge in [-0.3, -0.25) is 9.59 Å². The van der Waals surface area contributed by atoms with E-state index in [0.29, 0.717) is 0 Å². The van der Waals surface area contributed by atoms with Gasteiger partial charge in [-0.25, -0.2) is 0 Å². The third kappa shape index (κ3) is 92.7. The standard InChI is InChI=1S/2C20H43N.2C2H4O2.2Ru/c2*1-3-5-7-9-11-13-15-17-19-21-20-18-16-14-12-10-8-6-4-2;2*1-2(3)4;;/h2*21H,3-20H2,1-2H3;2*1H3,(H,3,4);;. The van der Waals surface area contributed by atoms with Crippen molar-refractivity contribution in [3.63, 3.8) is 0 Å². The molecule has 0 spiro atoms. The summed E-state index contributed by atoms with van der Waals surface area (Å²) in [6.07, 6.45) is 45.7. The fraction of sp³-hybridized carbons (Fsp3) is 0.955. The molecule has 0 aliphatic heterocycles. The number of nitrogens with one attached hydrogen (secondary N) is 2. The van der Waals surface area contributed by atoms with Gasteiger partial charge in [-0.1, -0.05) is 207 Å². The Morgan fingerprint density at radius 2 is 0.423 bits per heavy atom. The van der Waals surface area contributed by atoms with Crippen molar-refractivity contribution < 1.29 is 58.8 Å². The minimum Gasteiger partial charge on any atom is -0.481 e. The molecule has 320 valence electrons. The number of carboxylic acids is 2. The van der Waals surface area contributed by atoms with E-state index in [1.54, 1.807) is 0 Å². The van der Waals surface area contributed by atoms with Gasteiger partial charge in [0, 0.05) is 52.8 Å². The Morgan fingerprint density at radius 1 is 0.308 bits per heavy atom. The summed E-state index contributed by atoms with van der Waals surface area (Å²) < 4.78 is 0. The van der Waals surface area contributed by atoms with Gasteiger partial charge in [0.05, 0.1) is 0 Å². The van der Waals surface area contributed by atoms with Crippen molar-refractivity contribution in [2.24, 2.45) is 0 Å². The first-order valence-corrected chi connectivity index (χ1v) is 22.1. The van der Waals surface area contributed by atoms with Crippen LogP contribution in [-0.4, -0.2) is 48.3 Å². The smallest absolute Gasteiger partial charge is 0.300 e.